The molecule has 0 aliphatic carbocycles. The van der Waals surface area contributed by atoms with Crippen molar-refractivity contribution in [3.8, 4) is 11.8 Å². The van der Waals surface area contributed by atoms with E-state index in [2.05, 4.69) is 11.1 Å². The summed E-state index contributed by atoms with van der Waals surface area (Å²) in [5.74, 6) is -2.43. The number of hydrogen-bond donors (Lipinski definition) is 1. The molecule has 1 N–H and O–H groups in total. The van der Waals surface area contributed by atoms with Gasteiger partial charge in [0.05, 0.1) is 28.7 Å². The van der Waals surface area contributed by atoms with E-state index in [-0.39, 0.29) is 57.7 Å². The van der Waals surface area contributed by atoms with Gasteiger partial charge in [-0.3, -0.25) is 14.6 Å². The molecule has 0 saturated carbocycles. The Labute approximate surface area is 302 Å². The number of likely N-dealkylation sites (tertiary alicyclic amines) is 2. The summed E-state index contributed by atoms with van der Waals surface area (Å²) in [7, 11) is 0. The quantitative estimate of drug-likeness (QED) is 0.214. The van der Waals surface area contributed by atoms with Crippen LogP contribution >= 0.6 is 11.3 Å². The molecule has 2 fully saturated rings. The minimum atomic E-state index is -4.89. The maximum atomic E-state index is 15.0. The number of pyridine rings is 1. The Hall–Kier alpha value is -4.16. The lowest BCUT2D eigenvalue weighted by Crippen LogP contribution is -2.70. The van der Waals surface area contributed by atoms with Crippen LogP contribution in [0, 0.1) is 17.2 Å². The van der Waals surface area contributed by atoms with Gasteiger partial charge in [0.2, 0.25) is 5.60 Å². The van der Waals surface area contributed by atoms with E-state index in [0.717, 1.165) is 35.0 Å². The SMILES string of the molecule is CCC(C)C1N(C(=O)c2cnccc2C(F)(F)F)CCCC1(Oc1csc(C(F)(F)F)c1)C(=O)N1CCC(C#N)(c2ccccc2CCCO)CC1. The average molecular weight is 751 g/mol. The summed E-state index contributed by atoms with van der Waals surface area (Å²) in [6.07, 6.45) is -5.90. The summed E-state index contributed by atoms with van der Waals surface area (Å²) in [6, 6.07) is 10.2. The summed E-state index contributed by atoms with van der Waals surface area (Å²) in [6.45, 7) is 3.60. The van der Waals surface area contributed by atoms with E-state index in [4.69, 9.17) is 4.74 Å². The Morgan fingerprint density at radius 3 is 2.42 bits per heavy atom. The number of nitriles is 1. The third kappa shape index (κ3) is 7.64. The van der Waals surface area contributed by atoms with Crippen LogP contribution in [-0.4, -0.2) is 69.6 Å². The van der Waals surface area contributed by atoms with Gasteiger partial charge in [0.1, 0.15) is 10.6 Å². The summed E-state index contributed by atoms with van der Waals surface area (Å²) in [5.41, 5.74) is -3.15. The lowest BCUT2D eigenvalue weighted by Gasteiger charge is -2.52. The van der Waals surface area contributed by atoms with Gasteiger partial charge in [-0.25, -0.2) is 0 Å². The maximum absolute atomic E-state index is 15.0. The number of carbonyl (C=O) groups excluding carboxylic acids is 2. The molecule has 3 unspecified atom stereocenters. The summed E-state index contributed by atoms with van der Waals surface area (Å²) < 4.78 is 89.8. The number of amides is 2. The van der Waals surface area contributed by atoms with Crippen molar-refractivity contribution in [2.45, 2.75) is 88.2 Å². The molecule has 1 aromatic carbocycles. The van der Waals surface area contributed by atoms with Crippen LogP contribution < -0.4 is 4.74 Å². The molecule has 15 heteroatoms. The van der Waals surface area contributed by atoms with Gasteiger partial charge >= 0.3 is 12.4 Å². The highest BCUT2D eigenvalue weighted by Crippen LogP contribution is 2.45. The molecule has 5 rings (SSSR count). The van der Waals surface area contributed by atoms with Crippen LogP contribution in [0.4, 0.5) is 26.3 Å². The fraction of sp³-hybridized carbons (Fsp3) is 0.514. The molecule has 2 aliphatic heterocycles. The van der Waals surface area contributed by atoms with Gasteiger partial charge < -0.3 is 19.6 Å². The molecule has 0 radical (unpaired) electrons. The number of aryl methyl sites for hydroxylation is 1. The Morgan fingerprint density at radius 1 is 1.10 bits per heavy atom. The number of rotatable bonds is 10. The molecule has 2 aromatic heterocycles. The third-order valence-electron chi connectivity index (χ3n) is 10.3. The molecule has 2 aliphatic rings. The number of carbonyl (C=O) groups is 2. The second-order valence-electron chi connectivity index (χ2n) is 13.5. The summed E-state index contributed by atoms with van der Waals surface area (Å²) in [4.78, 5) is 34.7. The van der Waals surface area contributed by atoms with Crippen LogP contribution in [0.5, 0.6) is 5.75 Å². The van der Waals surface area contributed by atoms with Crippen molar-refractivity contribution < 1.29 is 45.8 Å². The van der Waals surface area contributed by atoms with Crippen LogP contribution in [0.25, 0.3) is 0 Å². The fourth-order valence-corrected chi connectivity index (χ4v) is 8.31. The van der Waals surface area contributed by atoms with Gasteiger partial charge in [-0.1, -0.05) is 44.5 Å². The molecule has 280 valence electrons. The molecule has 8 nitrogen and oxygen atoms in total. The molecule has 3 atom stereocenters. The minimum absolute atomic E-state index is 0.0229. The molecule has 0 bridgehead atoms. The topological polar surface area (TPSA) is 107 Å². The normalized spacial score (nSPS) is 21.3. The van der Waals surface area contributed by atoms with Crippen LogP contribution in [0.2, 0.25) is 0 Å². The zero-order valence-corrected chi connectivity index (χ0v) is 29.6. The summed E-state index contributed by atoms with van der Waals surface area (Å²) >= 11 is 0.382. The van der Waals surface area contributed by atoms with Gasteiger partial charge in [-0.05, 0) is 55.2 Å². The van der Waals surface area contributed by atoms with E-state index in [9.17, 15) is 41.5 Å². The first-order chi connectivity index (χ1) is 24.6. The smallest absolute Gasteiger partial charge is 0.425 e. The first kappa shape index (κ1) is 39.1. The molecular weight excluding hydrogens is 710 g/mol. The number of nitrogens with zero attached hydrogens (tertiary/aromatic N) is 4. The van der Waals surface area contributed by atoms with E-state index in [1.165, 1.54) is 9.80 Å². The van der Waals surface area contributed by atoms with Crippen LogP contribution in [-0.2, 0) is 29.0 Å². The number of alkyl halides is 6. The minimum Gasteiger partial charge on any atom is -0.474 e. The molecule has 2 saturated heterocycles. The number of piperidine rings is 2. The van der Waals surface area contributed by atoms with Crippen molar-refractivity contribution in [3.63, 3.8) is 0 Å². The number of benzene rings is 1. The van der Waals surface area contributed by atoms with Crippen LogP contribution in [0.3, 0.4) is 0 Å². The Bertz CT molecular complexity index is 1780. The molecule has 0 spiro atoms. The predicted octanol–water partition coefficient (Wildman–Crippen LogP) is 7.66. The zero-order valence-electron chi connectivity index (χ0n) is 28.8. The van der Waals surface area contributed by atoms with Crippen molar-refractivity contribution >= 4 is 23.2 Å². The Morgan fingerprint density at radius 2 is 1.81 bits per heavy atom. The first-order valence-electron chi connectivity index (χ1n) is 17.2. The van der Waals surface area contributed by atoms with E-state index in [1.807, 2.05) is 24.3 Å². The van der Waals surface area contributed by atoms with E-state index in [0.29, 0.717) is 36.7 Å². The monoisotopic (exact) mass is 750 g/mol. The van der Waals surface area contributed by atoms with Gasteiger partial charge in [0.15, 0.2) is 0 Å². The van der Waals surface area contributed by atoms with E-state index >= 15 is 4.79 Å². The van der Waals surface area contributed by atoms with Crippen molar-refractivity contribution in [2.24, 2.45) is 5.92 Å². The average Bonchev–Trinajstić information content (AvgIpc) is 3.62. The van der Waals surface area contributed by atoms with Crippen LogP contribution in [0.1, 0.15) is 84.3 Å². The Kier molecular flexibility index (Phi) is 11.6. The number of halogens is 6. The van der Waals surface area contributed by atoms with Gasteiger partial charge in [0, 0.05) is 56.5 Å². The number of aliphatic hydroxyl groups excluding tert-OH is 1. The number of hydrogen-bond acceptors (Lipinski definition) is 7. The van der Waals surface area contributed by atoms with Crippen LogP contribution in [0.15, 0.2) is 54.2 Å². The highest BCUT2D eigenvalue weighted by molar-refractivity contribution is 7.10. The second kappa shape index (κ2) is 15.4. The highest BCUT2D eigenvalue weighted by atomic mass is 32.1. The lowest BCUT2D eigenvalue weighted by atomic mass is 9.71. The van der Waals surface area contributed by atoms with Gasteiger partial charge in [-0.2, -0.15) is 31.6 Å². The largest absolute Gasteiger partial charge is 0.474 e. The zero-order chi connectivity index (χ0) is 37.9. The highest BCUT2D eigenvalue weighted by Gasteiger charge is 2.58. The Balaban J connectivity index is 1.57. The number of aliphatic hydroxyl groups is 1. The third-order valence-corrected chi connectivity index (χ3v) is 11.3. The molecule has 4 heterocycles. The van der Waals surface area contributed by atoms with E-state index in [1.54, 1.807) is 13.8 Å². The molecule has 52 heavy (non-hydrogen) atoms. The van der Waals surface area contributed by atoms with Gasteiger partial charge in [0.25, 0.3) is 11.8 Å². The van der Waals surface area contributed by atoms with Crippen molar-refractivity contribution in [2.75, 3.05) is 26.2 Å². The molecule has 2 amide bonds. The maximum Gasteiger partial charge on any atom is 0.425 e. The van der Waals surface area contributed by atoms with Gasteiger partial charge in [-0.15, -0.1) is 11.3 Å². The first-order valence-corrected chi connectivity index (χ1v) is 18.1. The van der Waals surface area contributed by atoms with E-state index < -0.39 is 63.1 Å². The predicted molar refractivity (Wildman–Crippen MR) is 180 cm³/mol. The lowest BCUT2D eigenvalue weighted by molar-refractivity contribution is -0.163. The van der Waals surface area contributed by atoms with Crippen molar-refractivity contribution in [1.82, 2.24) is 14.8 Å². The second-order valence-corrected chi connectivity index (χ2v) is 14.4. The standard InChI is InChI=1S/C37H40F6N4O4S/c1-3-24(2)31-35(51-26-20-30(52-22-26)37(41,42)43,12-7-16-47(31)32(49)27-21-45-15-11-29(27)36(38,39)40)33(50)46-17-13-34(23-44,14-18-46)28-10-5-4-8-25(28)9-6-19-48/h4-5,8,10-11,15,20-22,24,31,48H,3,6-7,9,12-14,16-19H2,1-2H3. The summed E-state index contributed by atoms with van der Waals surface area (Å²) in [5, 5.41) is 21.1. The molecular formula is C37H40F6N4O4S. The molecule has 3 aromatic rings. The number of ether oxygens (including phenoxy) is 1. The van der Waals surface area contributed by atoms with Crippen molar-refractivity contribution in [3.05, 3.63) is 81.3 Å². The fourth-order valence-electron chi connectivity index (χ4n) is 7.63. The number of aromatic nitrogens is 1. The van der Waals surface area contributed by atoms with Crippen molar-refractivity contribution in [1.29, 1.82) is 5.26 Å². The number of thiophene rings is 1.